The van der Waals surface area contributed by atoms with Crippen LogP contribution < -0.4 is 0 Å². The van der Waals surface area contributed by atoms with Crippen molar-refractivity contribution in [3.05, 3.63) is 35.4 Å². The van der Waals surface area contributed by atoms with Crippen molar-refractivity contribution in [1.82, 2.24) is 4.90 Å². The first-order valence-electron chi connectivity index (χ1n) is 6.61. The second kappa shape index (κ2) is 5.11. The summed E-state index contributed by atoms with van der Waals surface area (Å²) in [5.41, 5.74) is 1.63. The Morgan fingerprint density at radius 1 is 1.33 bits per heavy atom. The second-order valence-corrected chi connectivity index (χ2v) is 5.23. The van der Waals surface area contributed by atoms with E-state index < -0.39 is 11.5 Å². The van der Waals surface area contributed by atoms with Gasteiger partial charge in [0.2, 0.25) is 0 Å². The number of hydrogen-bond acceptors (Lipinski definition) is 2. The number of benzene rings is 1. The monoisotopic (exact) mass is 247 g/mol. The summed E-state index contributed by atoms with van der Waals surface area (Å²) in [4.78, 5) is 13.8. The summed E-state index contributed by atoms with van der Waals surface area (Å²) in [5, 5.41) is 9.66. The fourth-order valence-corrected chi connectivity index (χ4v) is 2.79. The number of carbonyl (C=O) groups is 1. The van der Waals surface area contributed by atoms with Crippen molar-refractivity contribution in [2.24, 2.45) is 0 Å². The molecule has 0 atom stereocenters. The van der Waals surface area contributed by atoms with Gasteiger partial charge in [-0.3, -0.25) is 9.69 Å². The number of fused-ring (bicyclic) bond motifs is 1. The number of aliphatic carboxylic acids is 1. The molecule has 0 saturated heterocycles. The van der Waals surface area contributed by atoms with Crippen molar-refractivity contribution < 1.29 is 9.90 Å². The van der Waals surface area contributed by atoms with Gasteiger partial charge in [-0.05, 0) is 31.1 Å². The quantitative estimate of drug-likeness (QED) is 0.868. The minimum atomic E-state index is -0.737. The van der Waals surface area contributed by atoms with Gasteiger partial charge in [-0.2, -0.15) is 0 Å². The molecule has 0 heterocycles. The molecule has 0 radical (unpaired) electrons. The number of carboxylic acids is 1. The molecule has 0 fully saturated rings. The van der Waals surface area contributed by atoms with Gasteiger partial charge in [0.25, 0.3) is 0 Å². The van der Waals surface area contributed by atoms with Crippen LogP contribution in [0.5, 0.6) is 0 Å². The Hall–Kier alpha value is -1.35. The fourth-order valence-electron chi connectivity index (χ4n) is 2.79. The first kappa shape index (κ1) is 13.1. The molecule has 0 bridgehead atoms. The van der Waals surface area contributed by atoms with Crippen LogP contribution in [0.3, 0.4) is 0 Å². The zero-order valence-corrected chi connectivity index (χ0v) is 11.1. The lowest BCUT2D eigenvalue weighted by Gasteiger charge is -2.34. The molecule has 0 aromatic heterocycles. The predicted molar refractivity (Wildman–Crippen MR) is 71.8 cm³/mol. The van der Waals surface area contributed by atoms with Crippen LogP contribution in [0, 0.1) is 0 Å². The first-order valence-corrected chi connectivity index (χ1v) is 6.61. The van der Waals surface area contributed by atoms with Gasteiger partial charge in [-0.15, -0.1) is 0 Å². The number of likely N-dealkylation sites (N-methyl/N-ethyl adjacent to an activating group) is 1. The van der Waals surface area contributed by atoms with Crippen LogP contribution in [-0.2, 0) is 17.6 Å². The summed E-state index contributed by atoms with van der Waals surface area (Å²) in [6, 6.07) is 8.08. The van der Waals surface area contributed by atoms with E-state index in [2.05, 4.69) is 6.92 Å². The Bertz CT molecular complexity index is 417. The molecule has 2 rings (SSSR count). The van der Waals surface area contributed by atoms with Crippen LogP contribution in [0.15, 0.2) is 24.3 Å². The number of nitrogens with zero attached hydrogens (tertiary/aromatic N) is 1. The van der Waals surface area contributed by atoms with Gasteiger partial charge in [0.15, 0.2) is 0 Å². The molecule has 1 N–H and O–H groups in total. The Balaban J connectivity index is 2.24. The van der Waals surface area contributed by atoms with Crippen LogP contribution >= 0.6 is 0 Å². The smallest absolute Gasteiger partial charge is 0.324 e. The molecule has 3 nitrogen and oxygen atoms in total. The van der Waals surface area contributed by atoms with Gasteiger partial charge in [-0.1, -0.05) is 37.6 Å². The summed E-state index contributed by atoms with van der Waals surface area (Å²) >= 11 is 0. The molecule has 3 heteroatoms. The van der Waals surface area contributed by atoms with Crippen LogP contribution in [0.2, 0.25) is 0 Å². The van der Waals surface area contributed by atoms with Crippen molar-refractivity contribution in [2.45, 2.75) is 38.1 Å². The van der Waals surface area contributed by atoms with E-state index in [4.69, 9.17) is 0 Å². The van der Waals surface area contributed by atoms with E-state index in [9.17, 15) is 9.90 Å². The maximum atomic E-state index is 11.8. The third-order valence-corrected chi connectivity index (χ3v) is 4.06. The molecule has 98 valence electrons. The Kier molecular flexibility index (Phi) is 3.71. The first-order chi connectivity index (χ1) is 8.60. The Labute approximate surface area is 108 Å². The molecule has 1 aromatic rings. The molecule has 0 saturated carbocycles. The minimum absolute atomic E-state index is 0.624. The van der Waals surface area contributed by atoms with E-state index in [0.29, 0.717) is 12.8 Å². The van der Waals surface area contributed by atoms with Crippen LogP contribution in [-0.4, -0.2) is 35.1 Å². The van der Waals surface area contributed by atoms with Crippen LogP contribution in [0.1, 0.15) is 30.9 Å². The van der Waals surface area contributed by atoms with Gasteiger partial charge in [-0.25, -0.2) is 0 Å². The highest BCUT2D eigenvalue weighted by molar-refractivity contribution is 5.81. The van der Waals surface area contributed by atoms with Gasteiger partial charge in [0, 0.05) is 12.8 Å². The maximum absolute atomic E-state index is 11.8. The third kappa shape index (κ3) is 2.15. The van der Waals surface area contributed by atoms with Gasteiger partial charge in [0.1, 0.15) is 5.54 Å². The summed E-state index contributed by atoms with van der Waals surface area (Å²) in [6.45, 7) is 2.97. The topological polar surface area (TPSA) is 40.5 Å². The normalized spacial score (nSPS) is 16.8. The number of hydrogen-bond donors (Lipinski definition) is 1. The van der Waals surface area contributed by atoms with Crippen LogP contribution in [0.25, 0.3) is 0 Å². The minimum Gasteiger partial charge on any atom is -0.480 e. The third-order valence-electron chi connectivity index (χ3n) is 4.06. The van der Waals surface area contributed by atoms with Crippen LogP contribution in [0.4, 0.5) is 0 Å². The lowest BCUT2D eigenvalue weighted by molar-refractivity contribution is -0.150. The molecule has 1 aliphatic rings. The van der Waals surface area contributed by atoms with Gasteiger partial charge in [0.05, 0.1) is 0 Å². The molecule has 0 unspecified atom stereocenters. The zero-order chi connectivity index (χ0) is 13.2. The summed E-state index contributed by atoms with van der Waals surface area (Å²) in [5.74, 6) is -0.697. The number of unbranched alkanes of at least 4 members (excludes halogenated alkanes) is 1. The summed E-state index contributed by atoms with van der Waals surface area (Å²) in [6.07, 6.45) is 3.38. The van der Waals surface area contributed by atoms with E-state index in [1.54, 1.807) is 0 Å². The highest BCUT2D eigenvalue weighted by Crippen LogP contribution is 2.34. The SMILES string of the molecule is CCCCN(C)C1(C(=O)O)Cc2ccccc2C1. The molecule has 0 amide bonds. The zero-order valence-electron chi connectivity index (χ0n) is 11.1. The molecule has 18 heavy (non-hydrogen) atoms. The Morgan fingerprint density at radius 3 is 2.33 bits per heavy atom. The van der Waals surface area contributed by atoms with Crippen molar-refractivity contribution in [2.75, 3.05) is 13.6 Å². The standard InChI is InChI=1S/C15H21NO2/c1-3-4-9-16(2)15(14(17)18)10-12-7-5-6-8-13(12)11-15/h5-8H,3-4,9-11H2,1-2H3,(H,17,18). The Morgan fingerprint density at radius 2 is 1.89 bits per heavy atom. The molecular weight excluding hydrogens is 226 g/mol. The highest BCUT2D eigenvalue weighted by Gasteiger charge is 2.46. The predicted octanol–water partition coefficient (Wildman–Crippen LogP) is 2.34. The van der Waals surface area contributed by atoms with E-state index in [-0.39, 0.29) is 0 Å². The largest absolute Gasteiger partial charge is 0.480 e. The van der Waals surface area contributed by atoms with E-state index in [0.717, 1.165) is 19.4 Å². The number of rotatable bonds is 5. The average molecular weight is 247 g/mol. The van der Waals surface area contributed by atoms with Crippen molar-refractivity contribution in [3.8, 4) is 0 Å². The molecule has 0 spiro atoms. The number of carboxylic acid groups (broad SMARTS) is 1. The van der Waals surface area contributed by atoms with Gasteiger partial charge < -0.3 is 5.11 Å². The molecule has 1 aromatic carbocycles. The van der Waals surface area contributed by atoms with E-state index in [1.165, 1.54) is 11.1 Å². The van der Waals surface area contributed by atoms with Gasteiger partial charge >= 0.3 is 5.97 Å². The van der Waals surface area contributed by atoms with E-state index >= 15 is 0 Å². The lowest BCUT2D eigenvalue weighted by atomic mass is 9.93. The fraction of sp³-hybridized carbons (Fsp3) is 0.533. The molecule has 0 aliphatic heterocycles. The molecule has 1 aliphatic carbocycles. The highest BCUT2D eigenvalue weighted by atomic mass is 16.4. The van der Waals surface area contributed by atoms with Crippen molar-refractivity contribution in [3.63, 3.8) is 0 Å². The van der Waals surface area contributed by atoms with Crippen molar-refractivity contribution in [1.29, 1.82) is 0 Å². The lowest BCUT2D eigenvalue weighted by Crippen LogP contribution is -2.54. The van der Waals surface area contributed by atoms with E-state index in [1.807, 2.05) is 36.2 Å². The van der Waals surface area contributed by atoms with Crippen molar-refractivity contribution >= 4 is 5.97 Å². The summed E-state index contributed by atoms with van der Waals surface area (Å²) in [7, 11) is 1.94. The molecular formula is C15H21NO2. The maximum Gasteiger partial charge on any atom is 0.324 e. The average Bonchev–Trinajstić information content (AvgIpc) is 2.76. The second-order valence-electron chi connectivity index (χ2n) is 5.23. The summed E-state index contributed by atoms with van der Waals surface area (Å²) < 4.78 is 0.